The predicted octanol–water partition coefficient (Wildman–Crippen LogP) is 2.57. The van der Waals surface area contributed by atoms with Gasteiger partial charge in [0.25, 0.3) is 0 Å². The molecule has 1 N–H and O–H groups in total. The van der Waals surface area contributed by atoms with Gasteiger partial charge < -0.3 is 10.1 Å². The van der Waals surface area contributed by atoms with E-state index in [-0.39, 0.29) is 25.6 Å². The third kappa shape index (κ3) is 9.15. The molecule has 1 aliphatic heterocycles. The van der Waals surface area contributed by atoms with Crippen LogP contribution < -0.4 is 5.32 Å². The third-order valence-electron chi connectivity index (χ3n) is 3.21. The van der Waals surface area contributed by atoms with E-state index >= 15 is 0 Å². The average Bonchev–Trinajstić information content (AvgIpc) is 2.35. The van der Waals surface area contributed by atoms with Crippen LogP contribution >= 0.6 is 0 Å². The minimum absolute atomic E-state index is 0.0854. The predicted molar refractivity (Wildman–Crippen MR) is 65.0 cm³/mol. The van der Waals surface area contributed by atoms with Crippen molar-refractivity contribution in [1.82, 2.24) is 10.2 Å². The van der Waals surface area contributed by atoms with Gasteiger partial charge in [-0.25, -0.2) is 0 Å². The van der Waals surface area contributed by atoms with Crippen LogP contribution in [0, 0.1) is 0 Å². The summed E-state index contributed by atoms with van der Waals surface area (Å²) in [5.74, 6) is 0. The van der Waals surface area contributed by atoms with Crippen LogP contribution in [0.1, 0.15) is 19.3 Å². The van der Waals surface area contributed by atoms with Gasteiger partial charge >= 0.3 is 12.4 Å². The fourth-order valence-corrected chi connectivity index (χ4v) is 2.35. The van der Waals surface area contributed by atoms with Gasteiger partial charge in [-0.05, 0) is 32.4 Å². The summed E-state index contributed by atoms with van der Waals surface area (Å²) < 4.78 is 77.7. The summed E-state index contributed by atoms with van der Waals surface area (Å²) in [5.41, 5.74) is 0. The van der Waals surface area contributed by atoms with E-state index in [1.165, 1.54) is 4.90 Å². The Morgan fingerprint density at radius 2 is 1.62 bits per heavy atom. The first kappa shape index (κ1) is 18.5. The Kier molecular flexibility index (Phi) is 7.22. The van der Waals surface area contributed by atoms with Gasteiger partial charge in [-0.15, -0.1) is 0 Å². The Labute approximate surface area is 119 Å². The first-order valence-electron chi connectivity index (χ1n) is 6.83. The first-order valence-corrected chi connectivity index (χ1v) is 6.83. The molecule has 1 heterocycles. The van der Waals surface area contributed by atoms with Crippen LogP contribution in [0.15, 0.2) is 0 Å². The quantitative estimate of drug-likeness (QED) is 0.576. The number of halogens is 6. The molecule has 21 heavy (non-hydrogen) atoms. The van der Waals surface area contributed by atoms with Crippen LogP contribution in [-0.2, 0) is 4.74 Å². The molecule has 0 aromatic carbocycles. The number of hydrogen-bond donors (Lipinski definition) is 1. The van der Waals surface area contributed by atoms with Gasteiger partial charge in [0.1, 0.15) is 6.61 Å². The summed E-state index contributed by atoms with van der Waals surface area (Å²) in [6.07, 6.45) is -7.34. The first-order chi connectivity index (χ1) is 9.67. The van der Waals surface area contributed by atoms with E-state index < -0.39 is 25.5 Å². The molecule has 1 rings (SSSR count). The molecule has 3 nitrogen and oxygen atoms in total. The highest BCUT2D eigenvalue weighted by molar-refractivity contribution is 4.79. The highest BCUT2D eigenvalue weighted by atomic mass is 19.4. The van der Waals surface area contributed by atoms with Gasteiger partial charge in [-0.1, -0.05) is 0 Å². The Hall–Kier alpha value is -0.540. The van der Waals surface area contributed by atoms with E-state index in [0.29, 0.717) is 25.9 Å². The molecule has 126 valence electrons. The number of alkyl halides is 6. The van der Waals surface area contributed by atoms with Gasteiger partial charge in [0.2, 0.25) is 0 Å². The normalized spacial score (nSPS) is 18.4. The van der Waals surface area contributed by atoms with Crippen LogP contribution in [0.25, 0.3) is 0 Å². The molecule has 1 saturated heterocycles. The summed E-state index contributed by atoms with van der Waals surface area (Å²) in [6.45, 7) is -1.19. The lowest BCUT2D eigenvalue weighted by molar-refractivity contribution is -0.175. The average molecular weight is 322 g/mol. The lowest BCUT2D eigenvalue weighted by Crippen LogP contribution is -2.47. The molecular formula is C12H20F6N2O. The van der Waals surface area contributed by atoms with Crippen molar-refractivity contribution in [2.24, 2.45) is 0 Å². The monoisotopic (exact) mass is 322 g/mol. The Balaban J connectivity index is 2.34. The number of ether oxygens (including phenoxy) is 1. The number of piperidine rings is 1. The molecular weight excluding hydrogens is 302 g/mol. The van der Waals surface area contributed by atoms with Crippen molar-refractivity contribution in [3.05, 3.63) is 0 Å². The zero-order chi connectivity index (χ0) is 15.9. The van der Waals surface area contributed by atoms with E-state index in [9.17, 15) is 26.3 Å². The molecule has 0 radical (unpaired) electrons. The maximum absolute atomic E-state index is 12.6. The summed E-state index contributed by atoms with van der Waals surface area (Å²) in [6, 6.07) is -0.185. The van der Waals surface area contributed by atoms with Crippen molar-refractivity contribution in [3.8, 4) is 0 Å². The van der Waals surface area contributed by atoms with Crippen molar-refractivity contribution >= 4 is 0 Å². The summed E-state index contributed by atoms with van der Waals surface area (Å²) in [5, 5.41) is 3.07. The SMILES string of the molecule is FC(F)(F)COCCCN(CC(F)(F)F)C1CCNCC1. The largest absolute Gasteiger partial charge is 0.411 e. The van der Waals surface area contributed by atoms with Crippen LogP contribution in [-0.4, -0.2) is 62.7 Å². The van der Waals surface area contributed by atoms with Crippen molar-refractivity contribution < 1.29 is 31.1 Å². The van der Waals surface area contributed by atoms with Crippen molar-refractivity contribution in [2.45, 2.75) is 37.7 Å². The van der Waals surface area contributed by atoms with E-state index in [4.69, 9.17) is 0 Å². The van der Waals surface area contributed by atoms with Crippen LogP contribution in [0.4, 0.5) is 26.3 Å². The van der Waals surface area contributed by atoms with E-state index in [1.54, 1.807) is 0 Å². The standard InChI is InChI=1S/C12H20F6N2O/c13-11(14,15)8-20(10-2-4-19-5-3-10)6-1-7-21-9-12(16,17)18/h10,19H,1-9H2. The van der Waals surface area contributed by atoms with Gasteiger partial charge in [0.15, 0.2) is 0 Å². The number of rotatable bonds is 7. The van der Waals surface area contributed by atoms with E-state index in [2.05, 4.69) is 10.1 Å². The fraction of sp³-hybridized carbons (Fsp3) is 1.00. The molecule has 9 heteroatoms. The van der Waals surface area contributed by atoms with Gasteiger partial charge in [0.05, 0.1) is 6.54 Å². The Bertz CT molecular complexity index is 288. The maximum Gasteiger partial charge on any atom is 0.411 e. The van der Waals surface area contributed by atoms with Crippen LogP contribution in [0.2, 0.25) is 0 Å². The topological polar surface area (TPSA) is 24.5 Å². The molecule has 0 amide bonds. The number of nitrogens with zero attached hydrogens (tertiary/aromatic N) is 1. The van der Waals surface area contributed by atoms with Crippen molar-refractivity contribution in [1.29, 1.82) is 0 Å². The molecule has 0 aliphatic carbocycles. The molecule has 0 spiro atoms. The highest BCUT2D eigenvalue weighted by Gasteiger charge is 2.34. The Morgan fingerprint density at radius 1 is 1.00 bits per heavy atom. The zero-order valence-electron chi connectivity index (χ0n) is 11.6. The van der Waals surface area contributed by atoms with Crippen molar-refractivity contribution in [2.75, 3.05) is 39.4 Å². The van der Waals surface area contributed by atoms with Crippen LogP contribution in [0.3, 0.4) is 0 Å². The number of hydrogen-bond acceptors (Lipinski definition) is 3. The smallest absolute Gasteiger partial charge is 0.372 e. The maximum atomic E-state index is 12.6. The molecule has 0 bridgehead atoms. The fourth-order valence-electron chi connectivity index (χ4n) is 2.35. The summed E-state index contributed by atoms with van der Waals surface area (Å²) >= 11 is 0. The minimum Gasteiger partial charge on any atom is -0.372 e. The van der Waals surface area contributed by atoms with Gasteiger partial charge in [-0.2, -0.15) is 26.3 Å². The second-order valence-corrected chi connectivity index (χ2v) is 5.09. The second-order valence-electron chi connectivity index (χ2n) is 5.09. The molecule has 1 aliphatic rings. The molecule has 0 unspecified atom stereocenters. The molecule has 0 saturated carbocycles. The van der Waals surface area contributed by atoms with Crippen molar-refractivity contribution in [3.63, 3.8) is 0 Å². The molecule has 0 aromatic rings. The molecule has 0 atom stereocenters. The lowest BCUT2D eigenvalue weighted by atomic mass is 10.0. The minimum atomic E-state index is -4.40. The van der Waals surface area contributed by atoms with E-state index in [0.717, 1.165) is 0 Å². The lowest BCUT2D eigenvalue weighted by Gasteiger charge is -2.35. The van der Waals surface area contributed by atoms with E-state index in [1.807, 2.05) is 0 Å². The summed E-state index contributed by atoms with van der Waals surface area (Å²) in [4.78, 5) is 1.30. The number of nitrogens with one attached hydrogen (secondary N) is 1. The van der Waals surface area contributed by atoms with Gasteiger partial charge in [-0.3, -0.25) is 4.90 Å². The highest BCUT2D eigenvalue weighted by Crippen LogP contribution is 2.21. The van der Waals surface area contributed by atoms with Gasteiger partial charge in [0, 0.05) is 19.2 Å². The molecule has 1 fully saturated rings. The molecule has 0 aromatic heterocycles. The third-order valence-corrected chi connectivity index (χ3v) is 3.21. The zero-order valence-corrected chi connectivity index (χ0v) is 11.6. The second kappa shape index (κ2) is 8.19. The summed E-state index contributed by atoms with van der Waals surface area (Å²) in [7, 11) is 0. The van der Waals surface area contributed by atoms with Crippen LogP contribution in [0.5, 0.6) is 0 Å². The Morgan fingerprint density at radius 3 is 2.14 bits per heavy atom.